The lowest BCUT2D eigenvalue weighted by atomic mass is 9.91. The first-order valence-electron chi connectivity index (χ1n) is 5.16. The summed E-state index contributed by atoms with van der Waals surface area (Å²) >= 11 is 0. The summed E-state index contributed by atoms with van der Waals surface area (Å²) in [5.41, 5.74) is 0.0635. The Morgan fingerprint density at radius 1 is 1.47 bits per heavy atom. The standard InChI is InChI=1S/C11H17N3O3/c1-11(2,3)8-7(15)6-12-9(13-8)10(16)14(4)17-5/h6,15H,1-5H3. The Morgan fingerprint density at radius 3 is 2.53 bits per heavy atom. The Balaban J connectivity index is 3.18. The third-order valence-corrected chi connectivity index (χ3v) is 2.23. The highest BCUT2D eigenvalue weighted by Gasteiger charge is 2.24. The van der Waals surface area contributed by atoms with E-state index in [9.17, 15) is 9.90 Å². The van der Waals surface area contributed by atoms with Gasteiger partial charge >= 0.3 is 5.91 Å². The van der Waals surface area contributed by atoms with Gasteiger partial charge in [0.05, 0.1) is 19.0 Å². The van der Waals surface area contributed by atoms with Gasteiger partial charge in [-0.15, -0.1) is 0 Å². The number of rotatable bonds is 2. The van der Waals surface area contributed by atoms with E-state index in [-0.39, 0.29) is 17.0 Å². The maximum Gasteiger partial charge on any atom is 0.314 e. The molecule has 6 nitrogen and oxygen atoms in total. The molecule has 0 aliphatic carbocycles. The van der Waals surface area contributed by atoms with E-state index in [2.05, 4.69) is 9.97 Å². The van der Waals surface area contributed by atoms with Gasteiger partial charge in [-0.05, 0) is 0 Å². The summed E-state index contributed by atoms with van der Waals surface area (Å²) in [4.78, 5) is 24.4. The zero-order valence-electron chi connectivity index (χ0n) is 10.7. The second-order valence-corrected chi connectivity index (χ2v) is 4.66. The Hall–Kier alpha value is -1.69. The molecule has 94 valence electrons. The molecule has 1 aromatic rings. The molecule has 1 heterocycles. The molecule has 0 aromatic carbocycles. The number of hydrogen-bond donors (Lipinski definition) is 1. The number of amides is 1. The first-order chi connectivity index (χ1) is 7.77. The number of hydrogen-bond acceptors (Lipinski definition) is 5. The maximum absolute atomic E-state index is 11.8. The van der Waals surface area contributed by atoms with Gasteiger partial charge in [0.15, 0.2) is 5.75 Å². The number of carbonyl (C=O) groups is 1. The molecule has 0 spiro atoms. The Labute approximate surface area is 100 Å². The highest BCUT2D eigenvalue weighted by molar-refractivity contribution is 5.89. The van der Waals surface area contributed by atoms with Gasteiger partial charge in [0.2, 0.25) is 5.82 Å². The van der Waals surface area contributed by atoms with Crippen LogP contribution in [0.5, 0.6) is 5.75 Å². The van der Waals surface area contributed by atoms with Crippen LogP contribution in [0.1, 0.15) is 37.1 Å². The minimum atomic E-state index is -0.460. The molecule has 1 rings (SSSR count). The van der Waals surface area contributed by atoms with E-state index < -0.39 is 5.91 Å². The summed E-state index contributed by atoms with van der Waals surface area (Å²) in [5.74, 6) is -0.482. The first-order valence-corrected chi connectivity index (χ1v) is 5.16. The molecular formula is C11H17N3O3. The zero-order chi connectivity index (χ0) is 13.2. The van der Waals surface area contributed by atoms with Crippen LogP contribution in [0.3, 0.4) is 0 Å². The van der Waals surface area contributed by atoms with Crippen LogP contribution in [0, 0.1) is 0 Å². The molecule has 1 aromatic heterocycles. The predicted molar refractivity (Wildman–Crippen MR) is 61.5 cm³/mol. The lowest BCUT2D eigenvalue weighted by Gasteiger charge is -2.20. The number of aromatic nitrogens is 2. The smallest absolute Gasteiger partial charge is 0.314 e. The van der Waals surface area contributed by atoms with Gasteiger partial charge < -0.3 is 5.11 Å². The number of aromatic hydroxyl groups is 1. The van der Waals surface area contributed by atoms with Crippen LogP contribution in [0.25, 0.3) is 0 Å². The Kier molecular flexibility index (Phi) is 3.67. The Bertz CT molecular complexity index is 426. The molecule has 0 saturated heterocycles. The van der Waals surface area contributed by atoms with Gasteiger partial charge in [0.25, 0.3) is 0 Å². The minimum absolute atomic E-state index is 0.00271. The van der Waals surface area contributed by atoms with Gasteiger partial charge in [-0.1, -0.05) is 20.8 Å². The van der Waals surface area contributed by atoms with Crippen molar-refractivity contribution >= 4 is 5.91 Å². The van der Waals surface area contributed by atoms with Crippen LogP contribution in [0.15, 0.2) is 6.20 Å². The summed E-state index contributed by atoms with van der Waals surface area (Å²) in [6.07, 6.45) is 1.23. The van der Waals surface area contributed by atoms with E-state index in [1.807, 2.05) is 20.8 Å². The zero-order valence-corrected chi connectivity index (χ0v) is 10.7. The van der Waals surface area contributed by atoms with Crippen molar-refractivity contribution in [3.8, 4) is 5.75 Å². The molecule has 1 amide bonds. The average Bonchev–Trinajstić information content (AvgIpc) is 2.26. The predicted octanol–water partition coefficient (Wildman–Crippen LogP) is 1.11. The van der Waals surface area contributed by atoms with Gasteiger partial charge in [0.1, 0.15) is 0 Å². The average molecular weight is 239 g/mol. The summed E-state index contributed by atoms with van der Waals surface area (Å²) < 4.78 is 0. The topological polar surface area (TPSA) is 75.5 Å². The normalized spacial score (nSPS) is 11.4. The monoisotopic (exact) mass is 239 g/mol. The van der Waals surface area contributed by atoms with Crippen LogP contribution >= 0.6 is 0 Å². The molecule has 0 aliphatic heterocycles. The molecule has 0 radical (unpaired) electrons. The van der Waals surface area contributed by atoms with Crippen molar-refractivity contribution in [2.45, 2.75) is 26.2 Å². The first kappa shape index (κ1) is 13.4. The van der Waals surface area contributed by atoms with Crippen LogP contribution < -0.4 is 0 Å². The molecule has 0 atom stereocenters. The van der Waals surface area contributed by atoms with Gasteiger partial charge in [-0.2, -0.15) is 0 Å². The fraction of sp³-hybridized carbons (Fsp3) is 0.545. The van der Waals surface area contributed by atoms with Crippen molar-refractivity contribution in [3.63, 3.8) is 0 Å². The third-order valence-electron chi connectivity index (χ3n) is 2.23. The minimum Gasteiger partial charge on any atom is -0.504 e. The molecule has 0 bridgehead atoms. The van der Waals surface area contributed by atoms with E-state index >= 15 is 0 Å². The van der Waals surface area contributed by atoms with E-state index in [1.54, 1.807) is 0 Å². The van der Waals surface area contributed by atoms with E-state index in [0.29, 0.717) is 5.69 Å². The maximum atomic E-state index is 11.8. The number of carbonyl (C=O) groups excluding carboxylic acids is 1. The van der Waals surface area contributed by atoms with E-state index in [0.717, 1.165) is 5.06 Å². The fourth-order valence-corrected chi connectivity index (χ4v) is 1.25. The van der Waals surface area contributed by atoms with Crippen molar-refractivity contribution in [2.24, 2.45) is 0 Å². The summed E-state index contributed by atoms with van der Waals surface area (Å²) in [6.45, 7) is 5.68. The molecule has 0 fully saturated rings. The summed E-state index contributed by atoms with van der Waals surface area (Å²) in [6, 6.07) is 0. The van der Waals surface area contributed by atoms with Crippen molar-refractivity contribution in [3.05, 3.63) is 17.7 Å². The van der Waals surface area contributed by atoms with E-state index in [1.165, 1.54) is 20.4 Å². The van der Waals surface area contributed by atoms with E-state index in [4.69, 9.17) is 4.84 Å². The lowest BCUT2D eigenvalue weighted by Crippen LogP contribution is -2.28. The van der Waals surface area contributed by atoms with Crippen molar-refractivity contribution in [1.82, 2.24) is 15.0 Å². The second kappa shape index (κ2) is 4.67. The number of nitrogens with zero attached hydrogens (tertiary/aromatic N) is 3. The molecule has 17 heavy (non-hydrogen) atoms. The van der Waals surface area contributed by atoms with Gasteiger partial charge in [-0.3, -0.25) is 9.63 Å². The molecule has 0 aliphatic rings. The van der Waals surface area contributed by atoms with Crippen LogP contribution in [0.4, 0.5) is 0 Å². The second-order valence-electron chi connectivity index (χ2n) is 4.66. The van der Waals surface area contributed by atoms with Crippen LogP contribution in [0.2, 0.25) is 0 Å². The van der Waals surface area contributed by atoms with Crippen molar-refractivity contribution in [1.29, 1.82) is 0 Å². The molecule has 0 unspecified atom stereocenters. The van der Waals surface area contributed by atoms with Crippen LogP contribution in [-0.2, 0) is 10.3 Å². The molecule has 0 saturated carbocycles. The van der Waals surface area contributed by atoms with Gasteiger partial charge in [-0.25, -0.2) is 15.0 Å². The molecule has 1 N–H and O–H groups in total. The third kappa shape index (κ3) is 2.91. The van der Waals surface area contributed by atoms with Crippen LogP contribution in [-0.4, -0.2) is 40.2 Å². The Morgan fingerprint density at radius 2 is 2.06 bits per heavy atom. The summed E-state index contributed by atoms with van der Waals surface area (Å²) in [5, 5.41) is 10.7. The number of hydroxylamine groups is 2. The highest BCUT2D eigenvalue weighted by atomic mass is 16.7. The van der Waals surface area contributed by atoms with Crippen molar-refractivity contribution in [2.75, 3.05) is 14.2 Å². The largest absolute Gasteiger partial charge is 0.504 e. The molecule has 6 heteroatoms. The molecular weight excluding hydrogens is 222 g/mol. The lowest BCUT2D eigenvalue weighted by molar-refractivity contribution is -0.0764. The van der Waals surface area contributed by atoms with Gasteiger partial charge in [0, 0.05) is 12.5 Å². The van der Waals surface area contributed by atoms with Crippen molar-refractivity contribution < 1.29 is 14.7 Å². The fourth-order valence-electron chi connectivity index (χ4n) is 1.25. The quantitative estimate of drug-likeness (QED) is 0.782. The summed E-state index contributed by atoms with van der Waals surface area (Å²) in [7, 11) is 2.85. The highest BCUT2D eigenvalue weighted by Crippen LogP contribution is 2.27. The SMILES string of the molecule is CON(C)C(=O)c1ncc(O)c(C(C)(C)C)n1.